The Balaban J connectivity index is 1.53. The summed E-state index contributed by atoms with van der Waals surface area (Å²) < 4.78 is 5.38. The van der Waals surface area contributed by atoms with Crippen molar-refractivity contribution in [2.75, 3.05) is 25.6 Å². The average molecular weight is 448 g/mol. The fourth-order valence-electron chi connectivity index (χ4n) is 4.85. The summed E-state index contributed by atoms with van der Waals surface area (Å²) in [5.41, 5.74) is 2.29. The van der Waals surface area contributed by atoms with Crippen LogP contribution in [-0.4, -0.2) is 48.9 Å². The molecule has 1 atom stereocenters. The highest BCUT2D eigenvalue weighted by atomic mass is 16.5. The van der Waals surface area contributed by atoms with Crippen LogP contribution in [0.3, 0.4) is 0 Å². The second-order valence-corrected chi connectivity index (χ2v) is 9.34. The molecule has 4 rings (SSSR count). The number of para-hydroxylation sites is 2. The SMILES string of the molecule is COc1ccccc1C[C@]1(C)NC(=O)N(CC(=O)/C=C2/N(C)c3ccccc3C2(C)C)C1=O. The van der Waals surface area contributed by atoms with Crippen LogP contribution in [0.25, 0.3) is 0 Å². The molecule has 2 aromatic carbocycles. The van der Waals surface area contributed by atoms with Crippen LogP contribution in [0.2, 0.25) is 0 Å². The van der Waals surface area contributed by atoms with Crippen LogP contribution in [0.15, 0.2) is 60.3 Å². The fourth-order valence-corrected chi connectivity index (χ4v) is 4.85. The number of imide groups is 1. The number of allylic oxidation sites excluding steroid dienone is 1. The van der Waals surface area contributed by atoms with Crippen LogP contribution in [0, 0.1) is 0 Å². The molecular weight excluding hydrogens is 418 g/mol. The van der Waals surface area contributed by atoms with E-state index in [9.17, 15) is 14.4 Å². The van der Waals surface area contributed by atoms with E-state index in [0.717, 1.165) is 27.4 Å². The van der Waals surface area contributed by atoms with Gasteiger partial charge in [0.15, 0.2) is 5.78 Å². The van der Waals surface area contributed by atoms with Gasteiger partial charge in [-0.3, -0.25) is 14.5 Å². The van der Waals surface area contributed by atoms with Gasteiger partial charge < -0.3 is 15.0 Å². The first-order valence-corrected chi connectivity index (χ1v) is 10.9. The molecule has 0 unspecified atom stereocenters. The van der Waals surface area contributed by atoms with Gasteiger partial charge in [0.25, 0.3) is 5.91 Å². The monoisotopic (exact) mass is 447 g/mol. The van der Waals surface area contributed by atoms with Crippen molar-refractivity contribution in [1.82, 2.24) is 10.2 Å². The van der Waals surface area contributed by atoms with Crippen molar-refractivity contribution in [2.45, 2.75) is 38.1 Å². The summed E-state index contributed by atoms with van der Waals surface area (Å²) in [5, 5.41) is 2.77. The van der Waals surface area contributed by atoms with E-state index < -0.39 is 17.5 Å². The van der Waals surface area contributed by atoms with E-state index in [1.54, 1.807) is 20.1 Å². The summed E-state index contributed by atoms with van der Waals surface area (Å²) in [5.74, 6) is -0.0821. The standard InChI is InChI=1S/C26H29N3O4/c1-25(2)19-11-7-8-12-20(19)28(4)22(25)14-18(30)16-29-23(31)26(3,27-24(29)32)15-17-10-6-9-13-21(17)33-5/h6-14H,15-16H2,1-5H3,(H,27,32)/b22-14+/t26-/m0/s1. The molecule has 0 saturated carbocycles. The van der Waals surface area contributed by atoms with Gasteiger partial charge in [-0.05, 0) is 30.2 Å². The first-order chi connectivity index (χ1) is 15.6. The topological polar surface area (TPSA) is 79.0 Å². The molecule has 0 aliphatic carbocycles. The third kappa shape index (κ3) is 3.77. The highest BCUT2D eigenvalue weighted by molar-refractivity contribution is 6.10. The highest BCUT2D eigenvalue weighted by Crippen LogP contribution is 2.46. The Morgan fingerprint density at radius 3 is 2.42 bits per heavy atom. The number of benzene rings is 2. The van der Waals surface area contributed by atoms with Gasteiger partial charge in [0.05, 0.1) is 13.7 Å². The summed E-state index contributed by atoms with van der Waals surface area (Å²) in [6, 6.07) is 14.8. The molecule has 0 radical (unpaired) electrons. The molecule has 7 heteroatoms. The van der Waals surface area contributed by atoms with Crippen LogP contribution >= 0.6 is 0 Å². The second-order valence-electron chi connectivity index (χ2n) is 9.34. The van der Waals surface area contributed by atoms with Gasteiger partial charge in [-0.2, -0.15) is 0 Å². The van der Waals surface area contributed by atoms with E-state index in [4.69, 9.17) is 4.74 Å². The van der Waals surface area contributed by atoms with Crippen LogP contribution in [0.5, 0.6) is 5.75 Å². The van der Waals surface area contributed by atoms with Gasteiger partial charge in [0, 0.05) is 36.3 Å². The van der Waals surface area contributed by atoms with Gasteiger partial charge in [-0.15, -0.1) is 0 Å². The molecule has 2 heterocycles. The Labute approximate surface area is 194 Å². The van der Waals surface area contributed by atoms with Crippen LogP contribution in [0.4, 0.5) is 10.5 Å². The largest absolute Gasteiger partial charge is 0.496 e. The minimum Gasteiger partial charge on any atom is -0.496 e. The number of carbonyl (C=O) groups is 3. The predicted octanol–water partition coefficient (Wildman–Crippen LogP) is 3.43. The van der Waals surface area contributed by atoms with Crippen molar-refractivity contribution < 1.29 is 19.1 Å². The number of rotatable bonds is 6. The number of amides is 3. The summed E-state index contributed by atoms with van der Waals surface area (Å²) in [6.07, 6.45) is 1.81. The van der Waals surface area contributed by atoms with Gasteiger partial charge in [-0.1, -0.05) is 50.2 Å². The fraction of sp³-hybridized carbons (Fsp3) is 0.346. The molecular formula is C26H29N3O4. The number of hydrogen-bond donors (Lipinski definition) is 1. The molecule has 3 amide bonds. The number of ether oxygens (including phenoxy) is 1. The molecule has 0 aromatic heterocycles. The molecule has 7 nitrogen and oxygen atoms in total. The van der Waals surface area contributed by atoms with Crippen molar-refractivity contribution in [3.63, 3.8) is 0 Å². The molecule has 2 aliphatic heterocycles. The van der Waals surface area contributed by atoms with Crippen molar-refractivity contribution >= 4 is 23.4 Å². The van der Waals surface area contributed by atoms with Gasteiger partial charge in [0.1, 0.15) is 11.3 Å². The van der Waals surface area contributed by atoms with E-state index in [1.807, 2.05) is 54.4 Å². The molecule has 0 bridgehead atoms. The number of nitrogens with one attached hydrogen (secondary N) is 1. The zero-order valence-electron chi connectivity index (χ0n) is 19.6. The van der Waals surface area contributed by atoms with Crippen molar-refractivity contribution in [3.05, 3.63) is 71.4 Å². The molecule has 33 heavy (non-hydrogen) atoms. The van der Waals surface area contributed by atoms with Crippen LogP contribution in [0.1, 0.15) is 31.9 Å². The number of likely N-dealkylation sites (N-methyl/N-ethyl adjacent to an activating group) is 1. The smallest absolute Gasteiger partial charge is 0.325 e. The normalized spacial score (nSPS) is 22.5. The quantitative estimate of drug-likeness (QED) is 0.542. The van der Waals surface area contributed by atoms with Gasteiger partial charge in [-0.25, -0.2) is 4.79 Å². The third-order valence-corrected chi connectivity index (χ3v) is 6.63. The van der Waals surface area contributed by atoms with E-state index in [2.05, 4.69) is 25.2 Å². The Kier molecular flexibility index (Phi) is 5.52. The second kappa shape index (κ2) is 8.06. The number of anilines is 1. The molecule has 2 aromatic rings. The number of carbonyl (C=O) groups excluding carboxylic acids is 3. The Bertz CT molecular complexity index is 1170. The van der Waals surface area contributed by atoms with E-state index >= 15 is 0 Å². The number of ketones is 1. The summed E-state index contributed by atoms with van der Waals surface area (Å²) in [7, 11) is 3.49. The van der Waals surface area contributed by atoms with Gasteiger partial charge >= 0.3 is 6.03 Å². The molecule has 172 valence electrons. The Hall–Kier alpha value is -3.61. The van der Waals surface area contributed by atoms with Crippen molar-refractivity contribution in [2.24, 2.45) is 0 Å². The van der Waals surface area contributed by atoms with Crippen molar-refractivity contribution in [1.29, 1.82) is 0 Å². The molecule has 1 saturated heterocycles. The zero-order chi connectivity index (χ0) is 24.0. The molecule has 0 spiro atoms. The minimum absolute atomic E-state index is 0.262. The van der Waals surface area contributed by atoms with E-state index in [1.165, 1.54) is 0 Å². The number of hydrogen-bond acceptors (Lipinski definition) is 5. The lowest BCUT2D eigenvalue weighted by atomic mass is 9.83. The van der Waals surface area contributed by atoms with Crippen LogP contribution < -0.4 is 15.0 Å². The maximum absolute atomic E-state index is 13.2. The number of methoxy groups -OCH3 is 1. The number of nitrogens with zero attached hydrogens (tertiary/aromatic N) is 2. The summed E-state index contributed by atoms with van der Waals surface area (Å²) >= 11 is 0. The van der Waals surface area contributed by atoms with Crippen molar-refractivity contribution in [3.8, 4) is 5.75 Å². The summed E-state index contributed by atoms with van der Waals surface area (Å²) in [6.45, 7) is 5.49. The van der Waals surface area contributed by atoms with Crippen LogP contribution in [-0.2, 0) is 21.4 Å². The maximum Gasteiger partial charge on any atom is 0.325 e. The lowest BCUT2D eigenvalue weighted by Gasteiger charge is -2.24. The first kappa shape index (κ1) is 22.6. The lowest BCUT2D eigenvalue weighted by molar-refractivity contribution is -0.133. The minimum atomic E-state index is -1.15. The predicted molar refractivity (Wildman–Crippen MR) is 126 cm³/mol. The lowest BCUT2D eigenvalue weighted by Crippen LogP contribution is -2.46. The Morgan fingerprint density at radius 2 is 1.73 bits per heavy atom. The first-order valence-electron chi connectivity index (χ1n) is 10.9. The highest BCUT2D eigenvalue weighted by Gasteiger charge is 2.48. The summed E-state index contributed by atoms with van der Waals surface area (Å²) in [4.78, 5) is 41.9. The average Bonchev–Trinajstić information content (AvgIpc) is 3.11. The molecule has 1 fully saturated rings. The third-order valence-electron chi connectivity index (χ3n) is 6.63. The zero-order valence-corrected chi connectivity index (χ0v) is 19.6. The number of fused-ring (bicyclic) bond motifs is 1. The van der Waals surface area contributed by atoms with E-state index in [-0.39, 0.29) is 24.2 Å². The molecule has 1 N–H and O–H groups in total. The van der Waals surface area contributed by atoms with Gasteiger partial charge in [0.2, 0.25) is 0 Å². The molecule has 2 aliphatic rings. The number of urea groups is 1. The van der Waals surface area contributed by atoms with E-state index in [0.29, 0.717) is 5.75 Å². The maximum atomic E-state index is 13.2. The Morgan fingerprint density at radius 1 is 1.06 bits per heavy atom.